The number of benzene rings is 1. The number of hydrogen-bond acceptors (Lipinski definition) is 5. The van der Waals surface area contributed by atoms with Crippen LogP contribution in [0.3, 0.4) is 0 Å². The van der Waals surface area contributed by atoms with Crippen molar-refractivity contribution in [2.24, 2.45) is 0 Å². The molecular formula is C12H12N4O. The van der Waals surface area contributed by atoms with Crippen molar-refractivity contribution in [2.75, 3.05) is 17.6 Å². The molecule has 0 unspecified atom stereocenters. The van der Waals surface area contributed by atoms with E-state index in [1.165, 1.54) is 11.9 Å². The lowest BCUT2D eigenvalue weighted by Crippen LogP contribution is -1.94. The molecule has 0 saturated heterocycles. The maximum Gasteiger partial charge on any atom is 0.224 e. The van der Waals surface area contributed by atoms with Gasteiger partial charge in [-0.15, -0.1) is 0 Å². The van der Waals surface area contributed by atoms with Crippen molar-refractivity contribution >= 4 is 11.5 Å². The van der Waals surface area contributed by atoms with Crippen LogP contribution < -0.4 is 15.8 Å². The van der Waals surface area contributed by atoms with E-state index in [1.54, 1.807) is 6.07 Å². The van der Waals surface area contributed by atoms with Crippen LogP contribution in [0.25, 0.3) is 0 Å². The van der Waals surface area contributed by atoms with Crippen molar-refractivity contribution in [1.29, 1.82) is 0 Å². The molecule has 2 aromatic rings. The maximum atomic E-state index is 5.61. The number of nitrogens with zero attached hydrogens (tertiary/aromatic N) is 2. The number of fused-ring (bicyclic) bond motifs is 1. The summed E-state index contributed by atoms with van der Waals surface area (Å²) < 4.78 is 5.61. The Morgan fingerprint density at radius 3 is 3.06 bits per heavy atom. The molecule has 0 fully saturated rings. The number of hydrogen-bond donors (Lipinski definition) is 2. The van der Waals surface area contributed by atoms with Crippen LogP contribution >= 0.6 is 0 Å². The normalized spacial score (nSPS) is 12.9. The van der Waals surface area contributed by atoms with Gasteiger partial charge in [0.1, 0.15) is 17.9 Å². The summed E-state index contributed by atoms with van der Waals surface area (Å²) in [6, 6.07) is 7.57. The first-order chi connectivity index (χ1) is 8.31. The quantitative estimate of drug-likeness (QED) is 0.820. The van der Waals surface area contributed by atoms with E-state index in [0.29, 0.717) is 11.7 Å². The average molecular weight is 228 g/mol. The number of nitrogens with one attached hydrogen (secondary N) is 1. The van der Waals surface area contributed by atoms with Crippen LogP contribution in [0, 0.1) is 0 Å². The summed E-state index contributed by atoms with van der Waals surface area (Å²) in [5.41, 5.74) is 8.01. The zero-order valence-electron chi connectivity index (χ0n) is 9.18. The fourth-order valence-electron chi connectivity index (χ4n) is 1.86. The van der Waals surface area contributed by atoms with Crippen molar-refractivity contribution in [2.45, 2.75) is 6.42 Å². The molecule has 0 radical (unpaired) electrons. The van der Waals surface area contributed by atoms with Gasteiger partial charge < -0.3 is 15.8 Å². The smallest absolute Gasteiger partial charge is 0.224 e. The van der Waals surface area contributed by atoms with E-state index in [2.05, 4.69) is 21.4 Å². The van der Waals surface area contributed by atoms with Gasteiger partial charge in [0, 0.05) is 24.4 Å². The monoisotopic (exact) mass is 228 g/mol. The number of rotatable bonds is 2. The van der Waals surface area contributed by atoms with Crippen LogP contribution in [0.2, 0.25) is 0 Å². The summed E-state index contributed by atoms with van der Waals surface area (Å²) in [5, 5.41) is 3.30. The molecule has 17 heavy (non-hydrogen) atoms. The largest absolute Gasteiger partial charge is 0.439 e. The summed E-state index contributed by atoms with van der Waals surface area (Å²) in [6.45, 7) is 0.985. The minimum Gasteiger partial charge on any atom is -0.439 e. The zero-order valence-corrected chi connectivity index (χ0v) is 9.18. The third kappa shape index (κ3) is 1.99. The minimum atomic E-state index is 0.397. The second kappa shape index (κ2) is 3.93. The molecule has 1 aliphatic rings. The van der Waals surface area contributed by atoms with Crippen molar-refractivity contribution in [3.05, 3.63) is 36.2 Å². The molecule has 2 heterocycles. The van der Waals surface area contributed by atoms with Gasteiger partial charge in [-0.05, 0) is 18.1 Å². The third-order valence-corrected chi connectivity index (χ3v) is 2.68. The first-order valence-electron chi connectivity index (χ1n) is 5.43. The van der Waals surface area contributed by atoms with E-state index in [4.69, 9.17) is 10.5 Å². The fourth-order valence-corrected chi connectivity index (χ4v) is 1.86. The van der Waals surface area contributed by atoms with Gasteiger partial charge in [0.05, 0.1) is 0 Å². The molecule has 3 rings (SSSR count). The van der Waals surface area contributed by atoms with Crippen LogP contribution in [-0.4, -0.2) is 16.5 Å². The highest BCUT2D eigenvalue weighted by atomic mass is 16.5. The predicted molar refractivity (Wildman–Crippen MR) is 65.2 cm³/mol. The Bertz CT molecular complexity index is 556. The first kappa shape index (κ1) is 9.89. The van der Waals surface area contributed by atoms with Gasteiger partial charge in [-0.1, -0.05) is 6.07 Å². The van der Waals surface area contributed by atoms with Gasteiger partial charge >= 0.3 is 0 Å². The topological polar surface area (TPSA) is 73.1 Å². The minimum absolute atomic E-state index is 0.397. The lowest BCUT2D eigenvalue weighted by atomic mass is 10.1. The van der Waals surface area contributed by atoms with Gasteiger partial charge in [-0.3, -0.25) is 0 Å². The van der Waals surface area contributed by atoms with Crippen molar-refractivity contribution < 1.29 is 4.74 Å². The molecule has 0 amide bonds. The maximum absolute atomic E-state index is 5.61. The molecule has 0 atom stereocenters. The molecule has 0 bridgehead atoms. The van der Waals surface area contributed by atoms with E-state index in [9.17, 15) is 0 Å². The molecule has 0 spiro atoms. The second-order valence-electron chi connectivity index (χ2n) is 3.88. The Balaban J connectivity index is 1.86. The molecule has 86 valence electrons. The molecule has 3 N–H and O–H groups in total. The highest BCUT2D eigenvalue weighted by Crippen LogP contribution is 2.29. The lowest BCUT2D eigenvalue weighted by molar-refractivity contribution is 0.462. The SMILES string of the molecule is Nc1cc(Oc2ccc3c(c2)NCC3)ncn1. The van der Waals surface area contributed by atoms with Gasteiger partial charge in [-0.25, -0.2) is 9.97 Å². The highest BCUT2D eigenvalue weighted by molar-refractivity contribution is 5.59. The predicted octanol–water partition coefficient (Wildman–Crippen LogP) is 1.82. The number of aromatic nitrogens is 2. The van der Waals surface area contributed by atoms with E-state index in [-0.39, 0.29) is 0 Å². The van der Waals surface area contributed by atoms with E-state index in [1.807, 2.05) is 12.1 Å². The summed E-state index contributed by atoms with van der Waals surface area (Å²) in [5.74, 6) is 1.60. The van der Waals surface area contributed by atoms with Crippen molar-refractivity contribution in [3.8, 4) is 11.6 Å². The lowest BCUT2D eigenvalue weighted by Gasteiger charge is -2.06. The van der Waals surface area contributed by atoms with Gasteiger partial charge in [0.25, 0.3) is 0 Å². The summed E-state index contributed by atoms with van der Waals surface area (Å²) in [7, 11) is 0. The molecule has 0 saturated carbocycles. The van der Waals surface area contributed by atoms with E-state index < -0.39 is 0 Å². The van der Waals surface area contributed by atoms with E-state index in [0.717, 1.165) is 24.4 Å². The summed E-state index contributed by atoms with van der Waals surface area (Å²) in [6.07, 6.45) is 2.45. The first-order valence-corrected chi connectivity index (χ1v) is 5.43. The van der Waals surface area contributed by atoms with Crippen LogP contribution in [0.15, 0.2) is 30.6 Å². The Morgan fingerprint density at radius 2 is 2.18 bits per heavy atom. The summed E-state index contributed by atoms with van der Waals surface area (Å²) in [4.78, 5) is 7.81. The second-order valence-corrected chi connectivity index (χ2v) is 3.88. The van der Waals surface area contributed by atoms with E-state index >= 15 is 0 Å². The van der Waals surface area contributed by atoms with Gasteiger partial charge in [0.2, 0.25) is 5.88 Å². The van der Waals surface area contributed by atoms with Crippen LogP contribution in [-0.2, 0) is 6.42 Å². The number of ether oxygens (including phenoxy) is 1. The van der Waals surface area contributed by atoms with Crippen LogP contribution in [0.1, 0.15) is 5.56 Å². The Labute approximate surface area is 98.7 Å². The highest BCUT2D eigenvalue weighted by Gasteiger charge is 2.10. The number of nitrogens with two attached hydrogens (primary N) is 1. The van der Waals surface area contributed by atoms with Crippen molar-refractivity contribution in [3.63, 3.8) is 0 Å². The fraction of sp³-hybridized carbons (Fsp3) is 0.167. The van der Waals surface area contributed by atoms with Gasteiger partial charge in [-0.2, -0.15) is 0 Å². The number of anilines is 2. The summed E-state index contributed by atoms with van der Waals surface area (Å²) >= 11 is 0. The Kier molecular flexibility index (Phi) is 2.29. The molecule has 0 aliphatic carbocycles. The molecular weight excluding hydrogens is 216 g/mol. The molecule has 1 aliphatic heterocycles. The van der Waals surface area contributed by atoms with Crippen molar-refractivity contribution in [1.82, 2.24) is 9.97 Å². The van der Waals surface area contributed by atoms with Crippen LogP contribution in [0.4, 0.5) is 11.5 Å². The molecule has 1 aromatic heterocycles. The standard InChI is InChI=1S/C12H12N4O/c13-11-6-12(16-7-15-11)17-9-2-1-8-3-4-14-10(8)5-9/h1-2,5-7,14H,3-4H2,(H2,13,15,16). The number of nitrogen functional groups attached to an aromatic ring is 1. The van der Waals surface area contributed by atoms with Crippen LogP contribution in [0.5, 0.6) is 11.6 Å². The Morgan fingerprint density at radius 1 is 1.24 bits per heavy atom. The average Bonchev–Trinajstić information content (AvgIpc) is 2.76. The van der Waals surface area contributed by atoms with Gasteiger partial charge in [0.15, 0.2) is 0 Å². The Hall–Kier alpha value is -2.30. The molecule has 5 nitrogen and oxygen atoms in total. The molecule has 1 aromatic carbocycles. The molecule has 5 heteroatoms. The zero-order chi connectivity index (χ0) is 11.7. The third-order valence-electron chi connectivity index (χ3n) is 2.68.